The Kier molecular flexibility index (Phi) is 4.13. The lowest BCUT2D eigenvalue weighted by Crippen LogP contribution is -2.60. The Bertz CT molecular complexity index is 814. The van der Waals surface area contributed by atoms with Crippen molar-refractivity contribution in [1.82, 2.24) is 0 Å². The van der Waals surface area contributed by atoms with Gasteiger partial charge in [-0.25, -0.2) is 0 Å². The van der Waals surface area contributed by atoms with Crippen LogP contribution in [-0.2, 0) is 19.1 Å². The minimum atomic E-state index is -1.39. The summed E-state index contributed by atoms with van der Waals surface area (Å²) in [5.74, 6) is 0.907. The van der Waals surface area contributed by atoms with Crippen molar-refractivity contribution in [3.05, 3.63) is 24.0 Å². The lowest BCUT2D eigenvalue weighted by atomic mass is 9.46. The van der Waals surface area contributed by atoms with Crippen molar-refractivity contribution in [2.24, 2.45) is 28.6 Å². The van der Waals surface area contributed by atoms with E-state index in [1.165, 1.54) is 24.8 Å². The Balaban J connectivity index is 1.46. The van der Waals surface area contributed by atoms with Crippen molar-refractivity contribution in [2.45, 2.75) is 83.5 Å². The summed E-state index contributed by atoms with van der Waals surface area (Å²) in [4.78, 5) is 24.2. The van der Waals surface area contributed by atoms with E-state index in [2.05, 4.69) is 19.9 Å². The molecule has 0 saturated heterocycles. The molecule has 5 aliphatic rings. The third kappa shape index (κ3) is 2.43. The molecule has 0 aromatic carbocycles. The molecule has 0 radical (unpaired) electrons. The summed E-state index contributed by atoms with van der Waals surface area (Å²) in [6.45, 7) is 6.00. The van der Waals surface area contributed by atoms with E-state index in [4.69, 9.17) is 9.47 Å². The molecule has 3 saturated carbocycles. The molecule has 5 heteroatoms. The zero-order valence-electron chi connectivity index (χ0n) is 17.6. The number of fused-ring (bicyclic) bond motifs is 7. The third-order valence-electron chi connectivity index (χ3n) is 9.42. The summed E-state index contributed by atoms with van der Waals surface area (Å²) in [5.41, 5.74) is -0.254. The van der Waals surface area contributed by atoms with Crippen molar-refractivity contribution in [2.75, 3.05) is 0 Å². The van der Waals surface area contributed by atoms with E-state index in [0.29, 0.717) is 11.8 Å². The highest BCUT2D eigenvalue weighted by molar-refractivity contribution is 5.99. The lowest BCUT2D eigenvalue weighted by Gasteiger charge is -2.58. The second kappa shape index (κ2) is 6.19. The molecule has 1 heterocycles. The van der Waals surface area contributed by atoms with Crippen LogP contribution in [0.4, 0.5) is 0 Å². The highest BCUT2D eigenvalue weighted by Gasteiger charge is 2.71. The van der Waals surface area contributed by atoms with E-state index >= 15 is 0 Å². The molecule has 0 aromatic heterocycles. The van der Waals surface area contributed by atoms with Crippen LogP contribution in [0.25, 0.3) is 0 Å². The predicted octanol–water partition coefficient (Wildman–Crippen LogP) is 3.70. The Morgan fingerprint density at radius 3 is 2.79 bits per heavy atom. The first-order chi connectivity index (χ1) is 13.7. The Hall–Kier alpha value is -1.62. The van der Waals surface area contributed by atoms with Gasteiger partial charge in [0, 0.05) is 24.8 Å². The van der Waals surface area contributed by atoms with Gasteiger partial charge in [-0.3, -0.25) is 9.59 Å². The van der Waals surface area contributed by atoms with Crippen molar-refractivity contribution >= 4 is 11.8 Å². The van der Waals surface area contributed by atoms with Gasteiger partial charge in [0.2, 0.25) is 0 Å². The van der Waals surface area contributed by atoms with E-state index in [0.717, 1.165) is 44.9 Å². The number of ketones is 1. The molecule has 8 atom stereocenters. The minimum absolute atomic E-state index is 0.00406. The SMILES string of the molecule is CC(=O)O[C@@H]1CC[C@]2(C)C(=CC[C@@H]3[C@H]2CC[C@]2(C)[C@@H]3C[C@H]3OC=CC(=O)[C@@]32O)C1. The van der Waals surface area contributed by atoms with Gasteiger partial charge in [-0.1, -0.05) is 25.5 Å². The quantitative estimate of drug-likeness (QED) is 0.537. The van der Waals surface area contributed by atoms with Gasteiger partial charge in [-0.2, -0.15) is 0 Å². The molecule has 5 rings (SSSR count). The maximum atomic E-state index is 12.8. The zero-order chi connectivity index (χ0) is 20.6. The monoisotopic (exact) mass is 400 g/mol. The second-order valence-corrected chi connectivity index (χ2v) is 10.5. The summed E-state index contributed by atoms with van der Waals surface area (Å²) in [7, 11) is 0. The smallest absolute Gasteiger partial charge is 0.302 e. The summed E-state index contributed by atoms with van der Waals surface area (Å²) in [6.07, 6.45) is 11.2. The number of hydrogen-bond acceptors (Lipinski definition) is 5. The summed E-state index contributed by atoms with van der Waals surface area (Å²) in [6, 6.07) is 0. The molecule has 0 amide bonds. The van der Waals surface area contributed by atoms with Crippen molar-refractivity contribution in [1.29, 1.82) is 0 Å². The highest BCUT2D eigenvalue weighted by atomic mass is 16.5. The van der Waals surface area contributed by atoms with E-state index in [-0.39, 0.29) is 29.2 Å². The minimum Gasteiger partial charge on any atom is -0.494 e. The van der Waals surface area contributed by atoms with Crippen LogP contribution in [0.5, 0.6) is 0 Å². The van der Waals surface area contributed by atoms with Crippen molar-refractivity contribution in [3.63, 3.8) is 0 Å². The first kappa shape index (κ1) is 19.3. The number of esters is 1. The van der Waals surface area contributed by atoms with Crippen molar-refractivity contribution in [3.8, 4) is 0 Å². The standard InChI is InChI=1S/C24H32O5/c1-14(25)29-16-6-9-22(2)15(12-16)4-5-17-18(22)7-10-23(3)19(17)13-21-24(23,27)20(26)8-11-28-21/h4,8,11,16-19,21,27H,5-7,9-10,12-13H2,1-3H3/t16-,17-,18-,19-,21-,22-,23-,24-/m1/s1. The molecule has 4 aliphatic carbocycles. The lowest BCUT2D eigenvalue weighted by molar-refractivity contribution is -0.175. The normalized spacial score (nSPS) is 50.4. The number of aliphatic hydroxyl groups is 1. The third-order valence-corrected chi connectivity index (χ3v) is 9.42. The molecule has 0 spiro atoms. The van der Waals surface area contributed by atoms with Gasteiger partial charge in [0.05, 0.1) is 6.26 Å². The predicted molar refractivity (Wildman–Crippen MR) is 107 cm³/mol. The van der Waals surface area contributed by atoms with E-state index in [1.54, 1.807) is 0 Å². The van der Waals surface area contributed by atoms with Crippen molar-refractivity contribution < 1.29 is 24.2 Å². The molecule has 1 aliphatic heterocycles. The Labute approximate surface area is 172 Å². The summed E-state index contributed by atoms with van der Waals surface area (Å²) in [5, 5.41) is 11.5. The average molecular weight is 401 g/mol. The van der Waals surface area contributed by atoms with E-state index < -0.39 is 17.1 Å². The number of carbonyl (C=O) groups excluding carboxylic acids is 2. The van der Waals surface area contributed by atoms with Gasteiger partial charge in [0.15, 0.2) is 11.4 Å². The Morgan fingerprint density at radius 2 is 2.03 bits per heavy atom. The molecule has 0 unspecified atom stereocenters. The largest absolute Gasteiger partial charge is 0.494 e. The first-order valence-corrected chi connectivity index (χ1v) is 11.2. The highest BCUT2D eigenvalue weighted by Crippen LogP contribution is 2.68. The van der Waals surface area contributed by atoms with Gasteiger partial charge < -0.3 is 14.6 Å². The fourth-order valence-electron chi connectivity index (χ4n) is 7.88. The molecule has 3 fully saturated rings. The zero-order valence-corrected chi connectivity index (χ0v) is 17.6. The molecule has 29 heavy (non-hydrogen) atoms. The molecule has 0 aromatic rings. The molecule has 1 N–H and O–H groups in total. The molecule has 5 nitrogen and oxygen atoms in total. The van der Waals surface area contributed by atoms with Crippen LogP contribution >= 0.6 is 0 Å². The van der Waals surface area contributed by atoms with Gasteiger partial charge in [0.25, 0.3) is 0 Å². The van der Waals surface area contributed by atoms with Crippen LogP contribution < -0.4 is 0 Å². The summed E-state index contributed by atoms with van der Waals surface area (Å²) >= 11 is 0. The van der Waals surface area contributed by atoms with E-state index in [1.807, 2.05) is 0 Å². The fourth-order valence-corrected chi connectivity index (χ4v) is 7.88. The Morgan fingerprint density at radius 1 is 1.24 bits per heavy atom. The van der Waals surface area contributed by atoms with Gasteiger partial charge >= 0.3 is 5.97 Å². The van der Waals surface area contributed by atoms with Crippen LogP contribution in [0.1, 0.15) is 65.7 Å². The first-order valence-electron chi connectivity index (χ1n) is 11.2. The topological polar surface area (TPSA) is 72.8 Å². The molecule has 0 bridgehead atoms. The number of rotatable bonds is 1. The van der Waals surface area contributed by atoms with Gasteiger partial charge in [-0.15, -0.1) is 0 Å². The van der Waals surface area contributed by atoms with Crippen LogP contribution in [0.2, 0.25) is 0 Å². The maximum Gasteiger partial charge on any atom is 0.302 e. The molecular formula is C24H32O5. The maximum absolute atomic E-state index is 12.8. The number of allylic oxidation sites excluding steroid dienone is 1. The van der Waals surface area contributed by atoms with Crippen LogP contribution in [0.3, 0.4) is 0 Å². The number of carbonyl (C=O) groups is 2. The molecule has 158 valence electrons. The second-order valence-electron chi connectivity index (χ2n) is 10.5. The molecular weight excluding hydrogens is 368 g/mol. The average Bonchev–Trinajstić information content (AvgIpc) is 2.91. The van der Waals surface area contributed by atoms with Crippen LogP contribution in [0, 0.1) is 28.6 Å². The number of hydrogen-bond donors (Lipinski definition) is 1. The van der Waals surface area contributed by atoms with E-state index in [9.17, 15) is 14.7 Å². The number of ether oxygens (including phenoxy) is 2. The van der Waals surface area contributed by atoms with Gasteiger partial charge in [0.1, 0.15) is 12.2 Å². The van der Waals surface area contributed by atoms with Crippen LogP contribution in [0.15, 0.2) is 24.0 Å². The fraction of sp³-hybridized carbons (Fsp3) is 0.750. The van der Waals surface area contributed by atoms with Gasteiger partial charge in [-0.05, 0) is 61.7 Å². The van der Waals surface area contributed by atoms with Crippen LogP contribution in [-0.4, -0.2) is 34.7 Å². The summed E-state index contributed by atoms with van der Waals surface area (Å²) < 4.78 is 11.3.